The predicted molar refractivity (Wildman–Crippen MR) is 79.1 cm³/mol. The molecule has 5 nitrogen and oxygen atoms in total. The van der Waals surface area contributed by atoms with Crippen LogP contribution in [0.1, 0.15) is 12.7 Å². The number of nitrogens with zero attached hydrogens (tertiary/aromatic N) is 4. The molecule has 3 aromatic rings. The summed E-state index contributed by atoms with van der Waals surface area (Å²) in [6, 6.07) is 1.65. The maximum Gasteiger partial charge on any atom is 0.199 e. The quantitative estimate of drug-likeness (QED) is 0.725. The highest BCUT2D eigenvalue weighted by molar-refractivity contribution is 7.71. The lowest BCUT2D eigenvalue weighted by Gasteiger charge is -2.09. The van der Waals surface area contributed by atoms with Crippen LogP contribution in [0.25, 0.3) is 16.7 Å². The fraction of sp³-hybridized carbons (Fsp3) is 0.200. The van der Waals surface area contributed by atoms with Crippen molar-refractivity contribution >= 4 is 58.2 Å². The van der Waals surface area contributed by atoms with Crippen LogP contribution in [0.3, 0.4) is 0 Å². The number of hydrogen-bond acceptors (Lipinski definition) is 5. The molecule has 0 bridgehead atoms. The zero-order valence-electron chi connectivity index (χ0n) is 9.65. The minimum atomic E-state index is 0.468. The molecule has 0 saturated heterocycles. The summed E-state index contributed by atoms with van der Waals surface area (Å²) in [6.45, 7) is 1.99. The zero-order valence-corrected chi connectivity index (χ0v) is 12.8. The van der Waals surface area contributed by atoms with E-state index in [1.165, 1.54) is 0 Å². The third kappa shape index (κ3) is 1.97. The molecule has 0 aliphatic carbocycles. The van der Waals surface area contributed by atoms with Crippen molar-refractivity contribution in [2.24, 2.45) is 0 Å². The van der Waals surface area contributed by atoms with E-state index in [4.69, 9.17) is 35.4 Å². The Morgan fingerprint density at radius 3 is 2.79 bits per heavy atom. The van der Waals surface area contributed by atoms with Crippen LogP contribution in [0.15, 0.2) is 6.07 Å². The lowest BCUT2D eigenvalue weighted by Crippen LogP contribution is -2.02. The molecule has 98 valence electrons. The van der Waals surface area contributed by atoms with Gasteiger partial charge in [-0.05, 0) is 18.3 Å². The van der Waals surface area contributed by atoms with E-state index in [0.717, 1.165) is 17.6 Å². The molecule has 0 atom stereocenters. The maximum atomic E-state index is 6.30. The van der Waals surface area contributed by atoms with Gasteiger partial charge in [-0.15, -0.1) is 0 Å². The first-order valence-corrected chi connectivity index (χ1v) is 7.29. The summed E-state index contributed by atoms with van der Waals surface area (Å²) in [4.78, 5) is 0. The minimum Gasteiger partial charge on any atom is -0.268 e. The van der Waals surface area contributed by atoms with Gasteiger partial charge in [0.2, 0.25) is 0 Å². The Morgan fingerprint density at radius 1 is 1.32 bits per heavy atom. The Hall–Kier alpha value is -1.02. The Bertz CT molecular complexity index is 819. The predicted octanol–water partition coefficient (Wildman–Crippen LogP) is 3.80. The zero-order chi connectivity index (χ0) is 13.6. The van der Waals surface area contributed by atoms with Crippen LogP contribution in [-0.2, 0) is 6.42 Å². The summed E-state index contributed by atoms with van der Waals surface area (Å²) >= 11 is 18.8. The van der Waals surface area contributed by atoms with Gasteiger partial charge in [0, 0.05) is 6.42 Å². The largest absolute Gasteiger partial charge is 0.268 e. The molecule has 1 aromatic carbocycles. The molecule has 0 amide bonds. The Balaban J connectivity index is 2.46. The summed E-state index contributed by atoms with van der Waals surface area (Å²) in [5.41, 5.74) is 1.93. The monoisotopic (exact) mass is 331 g/mol. The van der Waals surface area contributed by atoms with Gasteiger partial charge in [-0.2, -0.15) is 13.8 Å². The number of benzene rings is 1. The smallest absolute Gasteiger partial charge is 0.199 e. The highest BCUT2D eigenvalue weighted by atomic mass is 35.5. The molecule has 0 saturated carbocycles. The van der Waals surface area contributed by atoms with Crippen molar-refractivity contribution in [3.8, 4) is 5.69 Å². The van der Waals surface area contributed by atoms with Crippen molar-refractivity contribution in [1.29, 1.82) is 0 Å². The molecule has 9 heteroatoms. The number of aromatic nitrogens is 5. The number of aromatic amines is 1. The summed E-state index contributed by atoms with van der Waals surface area (Å²) in [5, 5.41) is 7.89. The van der Waals surface area contributed by atoms with Crippen molar-refractivity contribution in [2.45, 2.75) is 13.3 Å². The molecule has 0 aliphatic heterocycles. The van der Waals surface area contributed by atoms with Crippen LogP contribution in [0, 0.1) is 4.77 Å². The van der Waals surface area contributed by atoms with Gasteiger partial charge in [0.15, 0.2) is 4.77 Å². The van der Waals surface area contributed by atoms with Crippen molar-refractivity contribution < 1.29 is 0 Å². The van der Waals surface area contributed by atoms with E-state index in [9.17, 15) is 0 Å². The average molecular weight is 332 g/mol. The highest BCUT2D eigenvalue weighted by Crippen LogP contribution is 2.34. The van der Waals surface area contributed by atoms with Crippen LogP contribution < -0.4 is 0 Å². The Morgan fingerprint density at radius 2 is 2.05 bits per heavy atom. The molecule has 0 unspecified atom stereocenters. The van der Waals surface area contributed by atoms with E-state index in [0.29, 0.717) is 38.0 Å². The fourth-order valence-corrected chi connectivity index (χ4v) is 3.31. The Labute approximate surface area is 127 Å². The second-order valence-electron chi connectivity index (χ2n) is 3.78. The number of fused-ring (bicyclic) bond motifs is 1. The fourth-order valence-electron chi connectivity index (χ4n) is 1.87. The van der Waals surface area contributed by atoms with Crippen LogP contribution >= 0.6 is 47.1 Å². The number of nitrogens with one attached hydrogen (secondary N) is 1. The van der Waals surface area contributed by atoms with Crippen molar-refractivity contribution in [3.05, 3.63) is 26.7 Å². The van der Waals surface area contributed by atoms with Gasteiger partial charge in [-0.1, -0.05) is 30.1 Å². The molecular weight excluding hydrogens is 325 g/mol. The van der Waals surface area contributed by atoms with E-state index in [1.54, 1.807) is 10.6 Å². The van der Waals surface area contributed by atoms with Crippen molar-refractivity contribution in [2.75, 3.05) is 0 Å². The van der Waals surface area contributed by atoms with Gasteiger partial charge in [-0.25, -0.2) is 0 Å². The number of halogens is 2. The average Bonchev–Trinajstić information content (AvgIpc) is 2.98. The van der Waals surface area contributed by atoms with Crippen molar-refractivity contribution in [1.82, 2.24) is 23.5 Å². The lowest BCUT2D eigenvalue weighted by molar-refractivity contribution is 0.883. The first-order valence-electron chi connectivity index (χ1n) is 5.40. The molecule has 2 heterocycles. The second kappa shape index (κ2) is 4.82. The number of aryl methyl sites for hydroxylation is 1. The summed E-state index contributed by atoms with van der Waals surface area (Å²) in [6.07, 6.45) is 0.713. The van der Waals surface area contributed by atoms with Crippen LogP contribution in [0.4, 0.5) is 0 Å². The maximum absolute atomic E-state index is 6.30. The van der Waals surface area contributed by atoms with Crippen LogP contribution in [0.2, 0.25) is 10.0 Å². The van der Waals surface area contributed by atoms with Gasteiger partial charge < -0.3 is 0 Å². The van der Waals surface area contributed by atoms with Crippen molar-refractivity contribution in [3.63, 3.8) is 0 Å². The van der Waals surface area contributed by atoms with Gasteiger partial charge in [-0.3, -0.25) is 9.67 Å². The van der Waals surface area contributed by atoms with Gasteiger partial charge in [0.1, 0.15) is 16.9 Å². The standard InChI is InChI=1S/C10H7Cl2N5S2/c1-2-6-13-14-10(18)17(6)9-5(12)3-4(11)7-8(9)16-19-15-7/h3H,2H2,1H3,(H,14,18). The topological polar surface area (TPSA) is 59.4 Å². The summed E-state index contributed by atoms with van der Waals surface area (Å²) in [5.74, 6) is 0.781. The molecule has 0 spiro atoms. The van der Waals surface area contributed by atoms with E-state index in [-0.39, 0.29) is 0 Å². The highest BCUT2D eigenvalue weighted by Gasteiger charge is 2.18. The third-order valence-corrected chi connectivity index (χ3v) is 4.08. The summed E-state index contributed by atoms with van der Waals surface area (Å²) < 4.78 is 10.7. The normalized spacial score (nSPS) is 11.3. The third-order valence-electron chi connectivity index (χ3n) is 2.70. The lowest BCUT2D eigenvalue weighted by atomic mass is 10.2. The number of hydrogen-bond donors (Lipinski definition) is 1. The minimum absolute atomic E-state index is 0.468. The molecule has 0 aliphatic rings. The van der Waals surface area contributed by atoms with Crippen LogP contribution in [-0.4, -0.2) is 23.5 Å². The number of H-pyrrole nitrogens is 1. The molecular formula is C10H7Cl2N5S2. The molecule has 3 rings (SSSR count). The van der Waals surface area contributed by atoms with Gasteiger partial charge in [0.05, 0.1) is 27.5 Å². The van der Waals surface area contributed by atoms with Gasteiger partial charge >= 0.3 is 0 Å². The van der Waals surface area contributed by atoms with Gasteiger partial charge in [0.25, 0.3) is 0 Å². The first-order chi connectivity index (χ1) is 9.13. The molecule has 0 fully saturated rings. The molecule has 1 N–H and O–H groups in total. The van der Waals surface area contributed by atoms with Crippen LogP contribution in [0.5, 0.6) is 0 Å². The Kier molecular flexibility index (Phi) is 3.30. The SMILES string of the molecule is CCc1n[nH]c(=S)n1-c1c(Cl)cc(Cl)c2nsnc12. The molecule has 19 heavy (non-hydrogen) atoms. The molecule has 0 radical (unpaired) electrons. The second-order valence-corrected chi connectivity index (χ2v) is 5.51. The van der Waals surface area contributed by atoms with E-state index < -0.39 is 0 Å². The van der Waals surface area contributed by atoms with E-state index in [1.807, 2.05) is 6.92 Å². The molecule has 2 aromatic heterocycles. The first kappa shape index (κ1) is 13.0. The summed E-state index contributed by atoms with van der Waals surface area (Å²) in [7, 11) is 0. The van der Waals surface area contributed by atoms with E-state index in [2.05, 4.69) is 18.9 Å². The number of rotatable bonds is 2. The van der Waals surface area contributed by atoms with E-state index >= 15 is 0 Å².